The summed E-state index contributed by atoms with van der Waals surface area (Å²) in [6, 6.07) is 4.44. The molecule has 0 saturated heterocycles. The molecule has 0 amide bonds. The summed E-state index contributed by atoms with van der Waals surface area (Å²) in [4.78, 5) is 5.29. The second-order valence-corrected chi connectivity index (χ2v) is 5.64. The Morgan fingerprint density at radius 1 is 1.16 bits per heavy atom. The van der Waals surface area contributed by atoms with Crippen LogP contribution < -0.4 is 5.73 Å². The van der Waals surface area contributed by atoms with Gasteiger partial charge in [-0.2, -0.15) is 0 Å². The standard InChI is InChI=1S/C14H16N4S/c1-8-4-10(3)11(5-9(8)2)12-7-19-14-16-13(6-15)17-18(12)14/h4-5,7H,6,15H2,1-3H3. The SMILES string of the molecule is Cc1cc(C)c(-c2csc3nc(CN)nn23)cc1C. The van der Waals surface area contributed by atoms with Crippen molar-refractivity contribution in [2.45, 2.75) is 27.3 Å². The van der Waals surface area contributed by atoms with E-state index in [2.05, 4.69) is 48.4 Å². The predicted octanol–water partition coefficient (Wildman–Crippen LogP) is 2.84. The van der Waals surface area contributed by atoms with Gasteiger partial charge in [-0.3, -0.25) is 0 Å². The Kier molecular flexibility index (Phi) is 2.88. The highest BCUT2D eigenvalue weighted by Gasteiger charge is 2.13. The van der Waals surface area contributed by atoms with Gasteiger partial charge in [-0.25, -0.2) is 9.50 Å². The van der Waals surface area contributed by atoms with Gasteiger partial charge in [0.1, 0.15) is 0 Å². The van der Waals surface area contributed by atoms with E-state index in [1.807, 2.05) is 4.52 Å². The van der Waals surface area contributed by atoms with Crippen molar-refractivity contribution in [3.8, 4) is 11.3 Å². The van der Waals surface area contributed by atoms with Gasteiger partial charge in [0, 0.05) is 10.9 Å². The van der Waals surface area contributed by atoms with E-state index in [0.717, 1.165) is 10.7 Å². The topological polar surface area (TPSA) is 56.2 Å². The predicted molar refractivity (Wildman–Crippen MR) is 78.4 cm³/mol. The lowest BCUT2D eigenvalue weighted by molar-refractivity contribution is 0.876. The molecule has 19 heavy (non-hydrogen) atoms. The third-order valence-corrected chi connectivity index (χ3v) is 4.24. The Bertz CT molecular complexity index is 754. The van der Waals surface area contributed by atoms with Gasteiger partial charge >= 0.3 is 0 Å². The van der Waals surface area contributed by atoms with Gasteiger partial charge in [-0.05, 0) is 43.5 Å². The summed E-state index contributed by atoms with van der Waals surface area (Å²) in [5.74, 6) is 0.689. The number of thiazole rings is 1. The smallest absolute Gasteiger partial charge is 0.212 e. The molecule has 0 aliphatic carbocycles. The number of hydrogen-bond acceptors (Lipinski definition) is 4. The molecule has 0 aliphatic heterocycles. The van der Waals surface area contributed by atoms with Gasteiger partial charge < -0.3 is 5.73 Å². The van der Waals surface area contributed by atoms with Crippen LogP contribution >= 0.6 is 11.3 Å². The Hall–Kier alpha value is -1.72. The minimum Gasteiger partial charge on any atom is -0.324 e. The van der Waals surface area contributed by atoms with Crippen LogP contribution in [-0.4, -0.2) is 14.6 Å². The van der Waals surface area contributed by atoms with Crippen molar-refractivity contribution in [2.24, 2.45) is 5.73 Å². The van der Waals surface area contributed by atoms with Crippen LogP contribution in [0.15, 0.2) is 17.5 Å². The summed E-state index contributed by atoms with van der Waals surface area (Å²) in [7, 11) is 0. The first-order valence-electron chi connectivity index (χ1n) is 6.21. The number of benzene rings is 1. The number of aryl methyl sites for hydroxylation is 3. The summed E-state index contributed by atoms with van der Waals surface area (Å²) in [5, 5.41) is 6.56. The fourth-order valence-corrected chi connectivity index (χ4v) is 3.07. The van der Waals surface area contributed by atoms with Crippen LogP contribution in [0.1, 0.15) is 22.5 Å². The molecule has 98 valence electrons. The average Bonchev–Trinajstić information content (AvgIpc) is 2.93. The van der Waals surface area contributed by atoms with E-state index in [1.54, 1.807) is 11.3 Å². The second kappa shape index (κ2) is 4.43. The quantitative estimate of drug-likeness (QED) is 0.780. The number of fused-ring (bicyclic) bond motifs is 1. The van der Waals surface area contributed by atoms with E-state index in [4.69, 9.17) is 5.73 Å². The first-order valence-corrected chi connectivity index (χ1v) is 7.09. The van der Waals surface area contributed by atoms with E-state index in [1.165, 1.54) is 22.3 Å². The van der Waals surface area contributed by atoms with E-state index in [-0.39, 0.29) is 0 Å². The summed E-state index contributed by atoms with van der Waals surface area (Å²) in [6.45, 7) is 6.78. The Morgan fingerprint density at radius 2 is 1.89 bits per heavy atom. The molecule has 4 nitrogen and oxygen atoms in total. The molecule has 2 N–H and O–H groups in total. The molecule has 0 fully saturated rings. The number of nitrogens with two attached hydrogens (primary N) is 1. The molecule has 5 heteroatoms. The van der Waals surface area contributed by atoms with E-state index in [0.29, 0.717) is 12.4 Å². The van der Waals surface area contributed by atoms with E-state index < -0.39 is 0 Å². The Labute approximate surface area is 115 Å². The summed E-state index contributed by atoms with van der Waals surface area (Å²) < 4.78 is 1.89. The molecule has 2 heterocycles. The molecule has 2 aromatic heterocycles. The molecule has 3 aromatic rings. The third kappa shape index (κ3) is 1.95. The molecule has 0 spiro atoms. The lowest BCUT2D eigenvalue weighted by Crippen LogP contribution is -1.99. The first kappa shape index (κ1) is 12.3. The van der Waals surface area contributed by atoms with Gasteiger partial charge in [0.05, 0.1) is 12.2 Å². The monoisotopic (exact) mass is 272 g/mol. The number of hydrogen-bond donors (Lipinski definition) is 1. The van der Waals surface area contributed by atoms with Crippen LogP contribution in [0.3, 0.4) is 0 Å². The van der Waals surface area contributed by atoms with Gasteiger partial charge in [-0.1, -0.05) is 6.07 Å². The first-order chi connectivity index (χ1) is 9.10. The van der Waals surface area contributed by atoms with Crippen molar-refractivity contribution in [1.29, 1.82) is 0 Å². The van der Waals surface area contributed by atoms with Crippen molar-refractivity contribution in [3.05, 3.63) is 40.0 Å². The zero-order chi connectivity index (χ0) is 13.6. The summed E-state index contributed by atoms with van der Waals surface area (Å²) >= 11 is 1.60. The zero-order valence-corrected chi connectivity index (χ0v) is 12.1. The molecule has 0 bridgehead atoms. The molecule has 0 saturated carbocycles. The number of rotatable bonds is 2. The van der Waals surface area contributed by atoms with Crippen molar-refractivity contribution in [3.63, 3.8) is 0 Å². The molecule has 0 aliphatic rings. The minimum absolute atomic E-state index is 0.375. The maximum Gasteiger partial charge on any atom is 0.212 e. The van der Waals surface area contributed by atoms with Crippen LogP contribution in [0, 0.1) is 20.8 Å². The molecule has 0 atom stereocenters. The van der Waals surface area contributed by atoms with Crippen molar-refractivity contribution in [1.82, 2.24) is 14.6 Å². The van der Waals surface area contributed by atoms with Crippen molar-refractivity contribution in [2.75, 3.05) is 0 Å². The average molecular weight is 272 g/mol. The van der Waals surface area contributed by atoms with E-state index in [9.17, 15) is 0 Å². The minimum atomic E-state index is 0.375. The number of nitrogens with zero attached hydrogens (tertiary/aromatic N) is 3. The van der Waals surface area contributed by atoms with Crippen LogP contribution in [0.25, 0.3) is 16.2 Å². The summed E-state index contributed by atoms with van der Waals surface area (Å²) in [6.07, 6.45) is 0. The molecule has 3 rings (SSSR count). The maximum absolute atomic E-state index is 5.60. The Balaban J connectivity index is 2.23. The lowest BCUT2D eigenvalue weighted by atomic mass is 9.99. The van der Waals surface area contributed by atoms with Gasteiger partial charge in [0.2, 0.25) is 4.96 Å². The van der Waals surface area contributed by atoms with E-state index >= 15 is 0 Å². The second-order valence-electron chi connectivity index (χ2n) is 4.80. The van der Waals surface area contributed by atoms with Crippen molar-refractivity contribution >= 4 is 16.3 Å². The van der Waals surface area contributed by atoms with Gasteiger partial charge in [0.15, 0.2) is 5.82 Å². The molecule has 0 radical (unpaired) electrons. The van der Waals surface area contributed by atoms with Crippen LogP contribution in [0.5, 0.6) is 0 Å². The third-order valence-electron chi connectivity index (χ3n) is 3.42. The lowest BCUT2D eigenvalue weighted by Gasteiger charge is -2.08. The number of aromatic nitrogens is 3. The van der Waals surface area contributed by atoms with Gasteiger partial charge in [-0.15, -0.1) is 16.4 Å². The Morgan fingerprint density at radius 3 is 2.63 bits per heavy atom. The highest BCUT2D eigenvalue weighted by molar-refractivity contribution is 7.15. The molecule has 0 unspecified atom stereocenters. The van der Waals surface area contributed by atoms with Crippen molar-refractivity contribution < 1.29 is 0 Å². The molecular weight excluding hydrogens is 256 g/mol. The van der Waals surface area contributed by atoms with Gasteiger partial charge in [0.25, 0.3) is 0 Å². The van der Waals surface area contributed by atoms with Crippen LogP contribution in [-0.2, 0) is 6.54 Å². The highest BCUT2D eigenvalue weighted by atomic mass is 32.1. The zero-order valence-electron chi connectivity index (χ0n) is 11.3. The largest absolute Gasteiger partial charge is 0.324 e. The molecular formula is C14H16N4S. The maximum atomic E-state index is 5.60. The molecule has 1 aromatic carbocycles. The normalized spacial score (nSPS) is 11.4. The fourth-order valence-electron chi connectivity index (χ4n) is 2.23. The van der Waals surface area contributed by atoms with Crippen LogP contribution in [0.4, 0.5) is 0 Å². The fraction of sp³-hybridized carbons (Fsp3) is 0.286. The highest BCUT2D eigenvalue weighted by Crippen LogP contribution is 2.29. The summed E-state index contributed by atoms with van der Waals surface area (Å²) in [5.41, 5.74) is 11.8. The van der Waals surface area contributed by atoms with Crippen LogP contribution in [0.2, 0.25) is 0 Å².